The Balaban J connectivity index is 1.94. The summed E-state index contributed by atoms with van der Waals surface area (Å²) in [6, 6.07) is 12.7. The summed E-state index contributed by atoms with van der Waals surface area (Å²) in [5, 5.41) is 0.818. The van der Waals surface area contributed by atoms with Crippen molar-refractivity contribution in [3.05, 3.63) is 72.9 Å². The van der Waals surface area contributed by atoms with Gasteiger partial charge in [0, 0.05) is 9.13 Å². The van der Waals surface area contributed by atoms with Gasteiger partial charge in [0.1, 0.15) is 0 Å². The van der Waals surface area contributed by atoms with Crippen LogP contribution >= 0.6 is 45.8 Å². The van der Waals surface area contributed by atoms with E-state index in [9.17, 15) is 4.79 Å². The number of carbonyl (C=O) groups excluding carboxylic acids is 1. The lowest BCUT2D eigenvalue weighted by atomic mass is 10.2. The Labute approximate surface area is 150 Å². The fourth-order valence-corrected chi connectivity index (χ4v) is 2.54. The Morgan fingerprint density at radius 1 is 1.05 bits per heavy atom. The topological polar surface area (TPSA) is 38.7 Å². The first kappa shape index (κ1) is 15.5. The van der Waals surface area contributed by atoms with Gasteiger partial charge in [-0.3, -0.25) is 0 Å². The minimum atomic E-state index is -0.486. The molecular weight excluding hydrogens is 436 g/mol. The maximum absolute atomic E-state index is 11.9. The third-order valence-electron chi connectivity index (χ3n) is 2.96. The zero-order valence-electron chi connectivity index (χ0n) is 11.0. The second kappa shape index (κ2) is 6.40. The predicted octanol–water partition coefficient (Wildman–Crippen LogP) is 4.94. The highest BCUT2D eigenvalue weighted by atomic mass is 127. The van der Waals surface area contributed by atoms with Gasteiger partial charge in [0.15, 0.2) is 5.70 Å². The third-order valence-corrected chi connectivity index (χ3v) is 4.42. The molecule has 6 heteroatoms. The summed E-state index contributed by atoms with van der Waals surface area (Å²) in [6.45, 7) is 0. The Bertz CT molecular complexity index is 813. The summed E-state index contributed by atoms with van der Waals surface area (Å²) < 4.78 is 6.31. The summed E-state index contributed by atoms with van der Waals surface area (Å²) in [7, 11) is 0. The van der Waals surface area contributed by atoms with Gasteiger partial charge in [0.05, 0.1) is 10.0 Å². The number of ether oxygens (including phenoxy) is 1. The number of esters is 1. The number of rotatable bonds is 2. The number of halogens is 3. The van der Waals surface area contributed by atoms with Crippen molar-refractivity contribution in [3.63, 3.8) is 0 Å². The van der Waals surface area contributed by atoms with Crippen molar-refractivity contribution in [3.8, 4) is 0 Å². The molecule has 0 unspecified atom stereocenters. The van der Waals surface area contributed by atoms with E-state index in [4.69, 9.17) is 27.9 Å². The SMILES string of the molecule is O=C1OC(c2ccc(Cl)c(Cl)c2)=N/C1=C\c1ccc(I)cc1. The molecule has 2 aromatic carbocycles. The summed E-state index contributed by atoms with van der Waals surface area (Å²) in [6.07, 6.45) is 1.68. The number of hydrogen-bond acceptors (Lipinski definition) is 3. The monoisotopic (exact) mass is 443 g/mol. The molecule has 1 heterocycles. The maximum Gasteiger partial charge on any atom is 0.363 e. The van der Waals surface area contributed by atoms with Gasteiger partial charge in [-0.1, -0.05) is 35.3 Å². The van der Waals surface area contributed by atoms with E-state index in [0.29, 0.717) is 15.6 Å². The summed E-state index contributed by atoms with van der Waals surface area (Å²) in [4.78, 5) is 16.1. The zero-order valence-corrected chi connectivity index (χ0v) is 14.7. The van der Waals surface area contributed by atoms with Crippen molar-refractivity contribution >= 4 is 63.7 Å². The number of cyclic esters (lactones) is 1. The van der Waals surface area contributed by atoms with Gasteiger partial charge in [-0.25, -0.2) is 9.79 Å². The van der Waals surface area contributed by atoms with Gasteiger partial charge in [-0.15, -0.1) is 0 Å². The molecule has 0 radical (unpaired) electrons. The normalized spacial score (nSPS) is 15.9. The summed E-state index contributed by atoms with van der Waals surface area (Å²) in [5.41, 5.74) is 1.74. The average Bonchev–Trinajstić information content (AvgIpc) is 2.85. The molecule has 0 atom stereocenters. The molecule has 0 saturated heterocycles. The molecule has 0 fully saturated rings. The molecule has 0 N–H and O–H groups in total. The van der Waals surface area contributed by atoms with Gasteiger partial charge in [0.2, 0.25) is 5.90 Å². The van der Waals surface area contributed by atoms with Gasteiger partial charge < -0.3 is 4.74 Å². The minimum absolute atomic E-state index is 0.223. The van der Waals surface area contributed by atoms with Crippen LogP contribution in [0.1, 0.15) is 11.1 Å². The molecule has 1 aliphatic rings. The average molecular weight is 444 g/mol. The molecule has 22 heavy (non-hydrogen) atoms. The molecule has 0 amide bonds. The first-order chi connectivity index (χ1) is 10.5. The van der Waals surface area contributed by atoms with Crippen molar-refractivity contribution in [1.29, 1.82) is 0 Å². The molecule has 1 aliphatic heterocycles. The standard InChI is InChI=1S/C16H8Cl2INO2/c17-12-6-3-10(8-13(12)18)15-20-14(16(21)22-15)7-9-1-4-11(19)5-2-9/h1-8H/b14-7-. The van der Waals surface area contributed by atoms with Crippen LogP contribution in [0.3, 0.4) is 0 Å². The number of carbonyl (C=O) groups is 1. The lowest BCUT2D eigenvalue weighted by molar-refractivity contribution is -0.129. The van der Waals surface area contributed by atoms with Gasteiger partial charge >= 0.3 is 5.97 Å². The highest BCUT2D eigenvalue weighted by Gasteiger charge is 2.24. The molecule has 0 spiro atoms. The molecular formula is C16H8Cl2INO2. The lowest BCUT2D eigenvalue weighted by Crippen LogP contribution is -2.05. The van der Waals surface area contributed by atoms with Crippen molar-refractivity contribution in [1.82, 2.24) is 0 Å². The Morgan fingerprint density at radius 3 is 2.45 bits per heavy atom. The van der Waals surface area contributed by atoms with E-state index in [2.05, 4.69) is 27.6 Å². The maximum atomic E-state index is 11.9. The van der Waals surface area contributed by atoms with E-state index >= 15 is 0 Å². The Kier molecular flexibility index (Phi) is 4.52. The van der Waals surface area contributed by atoms with Gasteiger partial charge in [0.25, 0.3) is 0 Å². The predicted molar refractivity (Wildman–Crippen MR) is 96.2 cm³/mol. The molecule has 2 aromatic rings. The van der Waals surface area contributed by atoms with E-state index in [1.165, 1.54) is 0 Å². The molecule has 3 nitrogen and oxygen atoms in total. The van der Waals surface area contributed by atoms with Crippen LogP contribution in [0.25, 0.3) is 6.08 Å². The van der Waals surface area contributed by atoms with Crippen LogP contribution in [0.15, 0.2) is 53.2 Å². The lowest BCUT2D eigenvalue weighted by Gasteiger charge is -2.01. The van der Waals surface area contributed by atoms with Crippen molar-refractivity contribution in [2.45, 2.75) is 0 Å². The van der Waals surface area contributed by atoms with Crippen LogP contribution in [-0.4, -0.2) is 11.9 Å². The number of benzene rings is 2. The van der Waals surface area contributed by atoms with Crippen LogP contribution in [0.4, 0.5) is 0 Å². The quantitative estimate of drug-likeness (QED) is 0.374. The number of aliphatic imine (C=N–C) groups is 1. The minimum Gasteiger partial charge on any atom is -0.402 e. The second-order valence-electron chi connectivity index (χ2n) is 4.52. The van der Waals surface area contributed by atoms with Gasteiger partial charge in [-0.2, -0.15) is 0 Å². The third kappa shape index (κ3) is 3.34. The van der Waals surface area contributed by atoms with E-state index in [1.807, 2.05) is 24.3 Å². The van der Waals surface area contributed by atoms with E-state index in [1.54, 1.807) is 24.3 Å². The molecule has 0 bridgehead atoms. The molecule has 0 aliphatic carbocycles. The summed E-state index contributed by atoms with van der Waals surface area (Å²) >= 11 is 14.1. The highest BCUT2D eigenvalue weighted by Crippen LogP contribution is 2.25. The van der Waals surface area contributed by atoms with Crippen molar-refractivity contribution in [2.75, 3.05) is 0 Å². The van der Waals surface area contributed by atoms with Crippen molar-refractivity contribution in [2.24, 2.45) is 4.99 Å². The van der Waals surface area contributed by atoms with E-state index in [-0.39, 0.29) is 11.6 Å². The smallest absolute Gasteiger partial charge is 0.363 e. The number of nitrogens with zero attached hydrogens (tertiary/aromatic N) is 1. The zero-order chi connectivity index (χ0) is 15.7. The molecule has 0 saturated carbocycles. The van der Waals surface area contributed by atoms with E-state index < -0.39 is 5.97 Å². The van der Waals surface area contributed by atoms with Crippen LogP contribution in [0.2, 0.25) is 10.0 Å². The van der Waals surface area contributed by atoms with Gasteiger partial charge in [-0.05, 0) is 64.6 Å². The Hall–Kier alpha value is -1.37. The largest absolute Gasteiger partial charge is 0.402 e. The molecule has 110 valence electrons. The number of hydrogen-bond donors (Lipinski definition) is 0. The molecule has 0 aromatic heterocycles. The molecule has 3 rings (SSSR count). The first-order valence-electron chi connectivity index (χ1n) is 6.26. The Morgan fingerprint density at radius 2 is 1.77 bits per heavy atom. The summed E-state index contributed by atoms with van der Waals surface area (Å²) in [5.74, 6) is -0.264. The highest BCUT2D eigenvalue weighted by molar-refractivity contribution is 14.1. The first-order valence-corrected chi connectivity index (χ1v) is 8.10. The van der Waals surface area contributed by atoms with Crippen molar-refractivity contribution < 1.29 is 9.53 Å². The van der Waals surface area contributed by atoms with Crippen LogP contribution in [-0.2, 0) is 9.53 Å². The fraction of sp³-hybridized carbons (Fsp3) is 0. The van der Waals surface area contributed by atoms with Crippen LogP contribution in [0.5, 0.6) is 0 Å². The fourth-order valence-electron chi connectivity index (χ4n) is 1.88. The second-order valence-corrected chi connectivity index (χ2v) is 6.58. The van der Waals surface area contributed by atoms with Crippen LogP contribution in [0, 0.1) is 3.57 Å². The van der Waals surface area contributed by atoms with E-state index in [0.717, 1.165) is 9.13 Å². The van der Waals surface area contributed by atoms with Crippen LogP contribution < -0.4 is 0 Å².